The molecule has 0 fully saturated rings. The molecule has 0 spiro atoms. The molecule has 1 unspecified atom stereocenters. The molecule has 2 heterocycles. The number of fused-ring (bicyclic) bond motifs is 1. The molecule has 1 N–H and O–H groups in total. The Morgan fingerprint density at radius 3 is 2.83 bits per heavy atom. The highest BCUT2D eigenvalue weighted by molar-refractivity contribution is 7.89. The lowest BCUT2D eigenvalue weighted by Crippen LogP contribution is -2.23. The number of rotatable bonds is 4. The maximum Gasteiger partial charge on any atom is 0.259 e. The van der Waals surface area contributed by atoms with Gasteiger partial charge in [0.25, 0.3) is 10.0 Å². The van der Waals surface area contributed by atoms with Gasteiger partial charge in [0.2, 0.25) is 0 Å². The SMILES string of the molecule is CCCc1nc(S(=O)(=O)NC)c2n1C(C)CCC2. The monoisotopic (exact) mass is 271 g/mol. The molecule has 0 aromatic carbocycles. The first-order valence-corrected chi connectivity index (χ1v) is 8.03. The third-order valence-corrected chi connectivity index (χ3v) is 4.89. The van der Waals surface area contributed by atoms with Gasteiger partial charge >= 0.3 is 0 Å². The number of hydrogen-bond donors (Lipinski definition) is 1. The Kier molecular flexibility index (Phi) is 3.77. The molecule has 1 aromatic heterocycles. The summed E-state index contributed by atoms with van der Waals surface area (Å²) in [7, 11) is -2.01. The summed E-state index contributed by atoms with van der Waals surface area (Å²) in [6.45, 7) is 4.22. The van der Waals surface area contributed by atoms with E-state index in [0.717, 1.165) is 43.6 Å². The van der Waals surface area contributed by atoms with Crippen LogP contribution in [0.1, 0.15) is 50.7 Å². The molecular formula is C12H21N3O2S. The van der Waals surface area contributed by atoms with E-state index >= 15 is 0 Å². The normalized spacial score (nSPS) is 19.8. The summed E-state index contributed by atoms with van der Waals surface area (Å²) >= 11 is 0. The Hall–Kier alpha value is -0.880. The topological polar surface area (TPSA) is 64.0 Å². The zero-order chi connectivity index (χ0) is 13.3. The van der Waals surface area contributed by atoms with Crippen molar-refractivity contribution in [3.8, 4) is 0 Å². The van der Waals surface area contributed by atoms with E-state index in [4.69, 9.17) is 0 Å². The number of nitrogens with zero attached hydrogens (tertiary/aromatic N) is 2. The molecule has 1 aliphatic heterocycles. The molecule has 102 valence electrons. The molecule has 2 rings (SSSR count). The van der Waals surface area contributed by atoms with E-state index in [0.29, 0.717) is 6.04 Å². The van der Waals surface area contributed by atoms with Gasteiger partial charge in [0.05, 0.1) is 5.69 Å². The van der Waals surface area contributed by atoms with Gasteiger partial charge < -0.3 is 4.57 Å². The Bertz CT molecular complexity index is 534. The van der Waals surface area contributed by atoms with Crippen molar-refractivity contribution in [2.75, 3.05) is 7.05 Å². The van der Waals surface area contributed by atoms with Gasteiger partial charge in [0.1, 0.15) is 5.82 Å². The van der Waals surface area contributed by atoms with Crippen LogP contribution in [0.3, 0.4) is 0 Å². The summed E-state index contributed by atoms with van der Waals surface area (Å²) < 4.78 is 28.5. The maximum absolute atomic E-state index is 12.0. The predicted octanol–water partition coefficient (Wildman–Crippen LogP) is 1.64. The lowest BCUT2D eigenvalue weighted by molar-refractivity contribution is 0.414. The van der Waals surface area contributed by atoms with Crippen molar-refractivity contribution in [1.29, 1.82) is 0 Å². The van der Waals surface area contributed by atoms with E-state index < -0.39 is 10.0 Å². The lowest BCUT2D eigenvalue weighted by Gasteiger charge is -2.24. The smallest absolute Gasteiger partial charge is 0.259 e. The summed E-state index contributed by atoms with van der Waals surface area (Å²) in [5.74, 6) is 0.911. The fourth-order valence-electron chi connectivity index (χ4n) is 2.65. The minimum atomic E-state index is -3.44. The molecule has 0 bridgehead atoms. The van der Waals surface area contributed by atoms with Gasteiger partial charge in [-0.05, 0) is 39.7 Å². The van der Waals surface area contributed by atoms with Crippen LogP contribution in [0.4, 0.5) is 0 Å². The summed E-state index contributed by atoms with van der Waals surface area (Å²) in [6.07, 6.45) is 4.74. The third-order valence-electron chi connectivity index (χ3n) is 3.52. The highest BCUT2D eigenvalue weighted by atomic mass is 32.2. The zero-order valence-corrected chi connectivity index (χ0v) is 12.0. The average Bonchev–Trinajstić information content (AvgIpc) is 2.71. The Morgan fingerprint density at radius 2 is 2.22 bits per heavy atom. The number of nitrogens with one attached hydrogen (secondary N) is 1. The van der Waals surface area contributed by atoms with Crippen molar-refractivity contribution in [3.05, 3.63) is 11.5 Å². The average molecular weight is 271 g/mol. The van der Waals surface area contributed by atoms with E-state index in [1.54, 1.807) is 0 Å². The van der Waals surface area contributed by atoms with Crippen LogP contribution in [0.5, 0.6) is 0 Å². The number of hydrogen-bond acceptors (Lipinski definition) is 3. The summed E-state index contributed by atoms with van der Waals surface area (Å²) in [5, 5.41) is 0.236. The fourth-order valence-corrected chi connectivity index (χ4v) is 3.58. The van der Waals surface area contributed by atoms with Crippen LogP contribution in [0.25, 0.3) is 0 Å². The van der Waals surface area contributed by atoms with Crippen molar-refractivity contribution >= 4 is 10.0 Å². The first kappa shape index (κ1) is 13.5. The summed E-state index contributed by atoms with van der Waals surface area (Å²) in [5.41, 5.74) is 0.881. The molecule has 1 atom stereocenters. The predicted molar refractivity (Wildman–Crippen MR) is 70.1 cm³/mol. The van der Waals surface area contributed by atoms with E-state index in [2.05, 4.69) is 28.1 Å². The third kappa shape index (κ3) is 2.19. The quantitative estimate of drug-likeness (QED) is 0.905. The van der Waals surface area contributed by atoms with Gasteiger partial charge in [0, 0.05) is 12.5 Å². The van der Waals surface area contributed by atoms with E-state index in [1.807, 2.05) is 0 Å². The maximum atomic E-state index is 12.0. The number of aryl methyl sites for hydroxylation is 1. The van der Waals surface area contributed by atoms with Crippen LogP contribution in [-0.4, -0.2) is 25.0 Å². The van der Waals surface area contributed by atoms with Gasteiger partial charge in [-0.15, -0.1) is 0 Å². The molecule has 5 nitrogen and oxygen atoms in total. The largest absolute Gasteiger partial charge is 0.328 e. The zero-order valence-electron chi connectivity index (χ0n) is 11.2. The first-order chi connectivity index (χ1) is 8.51. The second-order valence-electron chi connectivity index (χ2n) is 4.85. The molecule has 0 saturated heterocycles. The number of aromatic nitrogens is 2. The van der Waals surface area contributed by atoms with Gasteiger partial charge in [0.15, 0.2) is 5.03 Å². The Morgan fingerprint density at radius 1 is 1.50 bits per heavy atom. The van der Waals surface area contributed by atoms with Crippen LogP contribution < -0.4 is 4.72 Å². The molecule has 0 radical (unpaired) electrons. The van der Waals surface area contributed by atoms with Crippen molar-refractivity contribution in [2.24, 2.45) is 0 Å². The van der Waals surface area contributed by atoms with Crippen LogP contribution in [0, 0.1) is 0 Å². The molecular weight excluding hydrogens is 250 g/mol. The first-order valence-electron chi connectivity index (χ1n) is 6.54. The van der Waals surface area contributed by atoms with Crippen molar-refractivity contribution < 1.29 is 8.42 Å². The Balaban J connectivity index is 2.59. The van der Waals surface area contributed by atoms with Gasteiger partial charge in [-0.3, -0.25) is 0 Å². The molecule has 18 heavy (non-hydrogen) atoms. The minimum absolute atomic E-state index is 0.236. The van der Waals surface area contributed by atoms with Crippen LogP contribution in [0.2, 0.25) is 0 Å². The highest BCUT2D eigenvalue weighted by Crippen LogP contribution is 2.31. The molecule has 0 amide bonds. The molecule has 0 saturated carbocycles. The second-order valence-corrected chi connectivity index (χ2v) is 6.65. The van der Waals surface area contributed by atoms with Crippen LogP contribution >= 0.6 is 0 Å². The highest BCUT2D eigenvalue weighted by Gasteiger charge is 2.29. The second kappa shape index (κ2) is 5.01. The Labute approximate surface area is 109 Å². The molecule has 6 heteroatoms. The minimum Gasteiger partial charge on any atom is -0.328 e. The fraction of sp³-hybridized carbons (Fsp3) is 0.750. The summed E-state index contributed by atoms with van der Waals surface area (Å²) in [6, 6.07) is 0.351. The molecule has 1 aromatic rings. The van der Waals surface area contributed by atoms with Crippen LogP contribution in [0.15, 0.2) is 5.03 Å². The van der Waals surface area contributed by atoms with Crippen molar-refractivity contribution in [3.63, 3.8) is 0 Å². The van der Waals surface area contributed by atoms with Gasteiger partial charge in [-0.25, -0.2) is 18.1 Å². The summed E-state index contributed by atoms with van der Waals surface area (Å²) in [4.78, 5) is 4.39. The van der Waals surface area contributed by atoms with Gasteiger partial charge in [-0.1, -0.05) is 6.92 Å². The van der Waals surface area contributed by atoms with Crippen molar-refractivity contribution in [1.82, 2.24) is 14.3 Å². The molecule has 1 aliphatic rings. The van der Waals surface area contributed by atoms with E-state index in [-0.39, 0.29) is 5.03 Å². The van der Waals surface area contributed by atoms with E-state index in [1.165, 1.54) is 7.05 Å². The standard InChI is InChI=1S/C12H21N3O2S/c1-4-6-11-14-12(18(16,17)13-3)10-8-5-7-9(2)15(10)11/h9,13H,4-8H2,1-3H3. The van der Waals surface area contributed by atoms with Crippen LogP contribution in [-0.2, 0) is 22.9 Å². The van der Waals surface area contributed by atoms with Crippen molar-refractivity contribution in [2.45, 2.75) is 57.0 Å². The number of sulfonamides is 1. The lowest BCUT2D eigenvalue weighted by atomic mass is 10.0. The van der Waals surface area contributed by atoms with Gasteiger partial charge in [-0.2, -0.15) is 0 Å². The molecule has 0 aliphatic carbocycles. The van der Waals surface area contributed by atoms with E-state index in [9.17, 15) is 8.42 Å². The number of imidazole rings is 1.